The van der Waals surface area contributed by atoms with E-state index in [1.54, 1.807) is 22.7 Å². The Kier molecular flexibility index (Phi) is 2.87. The van der Waals surface area contributed by atoms with E-state index in [4.69, 9.17) is 5.11 Å². The Hall–Kier alpha value is -1.73. The lowest BCUT2D eigenvalue weighted by atomic mass is 10.1. The summed E-state index contributed by atoms with van der Waals surface area (Å²) >= 11 is 4.24. The molecule has 0 aliphatic rings. The highest BCUT2D eigenvalue weighted by atomic mass is 79.9. The highest BCUT2D eigenvalue weighted by Crippen LogP contribution is 2.27. The summed E-state index contributed by atoms with van der Waals surface area (Å²) in [6, 6.07) is 4.73. The van der Waals surface area contributed by atoms with Gasteiger partial charge in [0.15, 0.2) is 4.96 Å². The zero-order chi connectivity index (χ0) is 13.6. The lowest BCUT2D eigenvalue weighted by Gasteiger charge is -1.99. The van der Waals surface area contributed by atoms with E-state index in [9.17, 15) is 9.18 Å². The number of aromatic nitrogens is 2. The van der Waals surface area contributed by atoms with Gasteiger partial charge in [-0.1, -0.05) is 27.3 Å². The molecule has 2 heterocycles. The van der Waals surface area contributed by atoms with Crippen LogP contribution in [0.2, 0.25) is 0 Å². The number of hydrogen-bond acceptors (Lipinski definition) is 3. The molecule has 0 atom stereocenters. The van der Waals surface area contributed by atoms with E-state index in [0.717, 1.165) is 11.3 Å². The maximum absolute atomic E-state index is 13.8. The van der Waals surface area contributed by atoms with E-state index in [1.165, 1.54) is 12.3 Å². The summed E-state index contributed by atoms with van der Waals surface area (Å²) in [5.41, 5.74) is 0.865. The third kappa shape index (κ3) is 2.15. The first kappa shape index (κ1) is 12.3. The standard InChI is InChI=1S/C12H6BrFN2O2S/c13-6-1-2-7(8(14)3-6)9-4-16-5-10(11(17)18)19-12(16)15-9/h1-5H,(H,17,18). The van der Waals surface area contributed by atoms with Gasteiger partial charge in [0.2, 0.25) is 0 Å². The van der Waals surface area contributed by atoms with E-state index in [-0.39, 0.29) is 10.7 Å². The zero-order valence-corrected chi connectivity index (χ0v) is 11.7. The van der Waals surface area contributed by atoms with Gasteiger partial charge in [0, 0.05) is 22.4 Å². The van der Waals surface area contributed by atoms with Crippen LogP contribution in [0.5, 0.6) is 0 Å². The van der Waals surface area contributed by atoms with Crippen LogP contribution in [0.15, 0.2) is 35.1 Å². The molecule has 0 unspecified atom stereocenters. The highest BCUT2D eigenvalue weighted by molar-refractivity contribution is 9.10. The second kappa shape index (κ2) is 4.43. The zero-order valence-electron chi connectivity index (χ0n) is 9.30. The van der Waals surface area contributed by atoms with Crippen molar-refractivity contribution >= 4 is 38.2 Å². The van der Waals surface area contributed by atoms with Crippen LogP contribution in [0.1, 0.15) is 9.67 Å². The molecule has 0 spiro atoms. The largest absolute Gasteiger partial charge is 0.477 e. The van der Waals surface area contributed by atoms with Crippen molar-refractivity contribution in [1.82, 2.24) is 9.38 Å². The van der Waals surface area contributed by atoms with Crippen LogP contribution in [0.3, 0.4) is 0 Å². The molecular weight excluding hydrogens is 335 g/mol. The predicted octanol–water partition coefficient (Wildman–Crippen LogP) is 3.66. The lowest BCUT2D eigenvalue weighted by molar-refractivity contribution is 0.0702. The van der Waals surface area contributed by atoms with Crippen LogP contribution in [0.4, 0.5) is 4.39 Å². The molecule has 1 aromatic carbocycles. The normalized spacial score (nSPS) is 11.1. The van der Waals surface area contributed by atoms with E-state index in [0.29, 0.717) is 20.7 Å². The van der Waals surface area contributed by atoms with E-state index < -0.39 is 5.97 Å². The average molecular weight is 341 g/mol. The fourth-order valence-corrected chi connectivity index (χ4v) is 2.86. The van der Waals surface area contributed by atoms with Crippen LogP contribution in [-0.2, 0) is 0 Å². The Bertz CT molecular complexity index is 765. The fourth-order valence-electron chi connectivity index (χ4n) is 1.72. The Morgan fingerprint density at radius 2 is 2.21 bits per heavy atom. The predicted molar refractivity (Wildman–Crippen MR) is 73.1 cm³/mol. The first-order valence-corrected chi connectivity index (χ1v) is 6.83. The monoisotopic (exact) mass is 340 g/mol. The Morgan fingerprint density at radius 3 is 2.84 bits per heavy atom. The third-order valence-corrected chi connectivity index (χ3v) is 4.05. The van der Waals surface area contributed by atoms with Crippen LogP contribution >= 0.6 is 27.3 Å². The van der Waals surface area contributed by atoms with E-state index >= 15 is 0 Å². The van der Waals surface area contributed by atoms with Crippen molar-refractivity contribution in [3.63, 3.8) is 0 Å². The van der Waals surface area contributed by atoms with Gasteiger partial charge in [0.1, 0.15) is 10.7 Å². The number of carbonyl (C=O) groups is 1. The van der Waals surface area contributed by atoms with Gasteiger partial charge in [-0.3, -0.25) is 4.40 Å². The number of rotatable bonds is 2. The van der Waals surface area contributed by atoms with Crippen molar-refractivity contribution < 1.29 is 14.3 Å². The van der Waals surface area contributed by atoms with Gasteiger partial charge in [-0.25, -0.2) is 14.2 Å². The summed E-state index contributed by atoms with van der Waals surface area (Å²) in [5.74, 6) is -1.37. The quantitative estimate of drug-likeness (QED) is 0.774. The molecule has 0 radical (unpaired) electrons. The molecule has 4 nitrogen and oxygen atoms in total. The van der Waals surface area contributed by atoms with Crippen LogP contribution < -0.4 is 0 Å². The third-order valence-electron chi connectivity index (χ3n) is 2.57. The molecule has 96 valence electrons. The number of carboxylic acids is 1. The van der Waals surface area contributed by atoms with Crippen molar-refractivity contribution in [2.75, 3.05) is 0 Å². The molecule has 0 bridgehead atoms. The molecule has 0 saturated heterocycles. The summed E-state index contributed by atoms with van der Waals surface area (Å²) in [4.78, 5) is 15.8. The molecule has 0 fully saturated rings. The smallest absolute Gasteiger partial charge is 0.347 e. The number of halogens is 2. The molecule has 0 amide bonds. The summed E-state index contributed by atoms with van der Waals surface area (Å²) in [6.45, 7) is 0. The molecule has 3 aromatic rings. The number of thiazole rings is 1. The number of fused-ring (bicyclic) bond motifs is 1. The van der Waals surface area contributed by atoms with Gasteiger partial charge in [0.05, 0.1) is 5.69 Å². The summed E-state index contributed by atoms with van der Waals surface area (Å²) < 4.78 is 16.1. The molecule has 0 aliphatic heterocycles. The Balaban J connectivity index is 2.10. The maximum Gasteiger partial charge on any atom is 0.347 e. The van der Waals surface area contributed by atoms with Gasteiger partial charge in [-0.2, -0.15) is 0 Å². The average Bonchev–Trinajstić information content (AvgIpc) is 2.86. The minimum atomic E-state index is -0.994. The fraction of sp³-hybridized carbons (Fsp3) is 0. The van der Waals surface area contributed by atoms with Crippen molar-refractivity contribution in [1.29, 1.82) is 0 Å². The number of nitrogens with zero attached hydrogens (tertiary/aromatic N) is 2. The van der Waals surface area contributed by atoms with Crippen LogP contribution in [-0.4, -0.2) is 20.5 Å². The summed E-state index contributed by atoms with van der Waals surface area (Å²) in [5, 5.41) is 8.87. The molecule has 1 N–H and O–H groups in total. The van der Waals surface area contributed by atoms with Crippen molar-refractivity contribution in [2.24, 2.45) is 0 Å². The van der Waals surface area contributed by atoms with Gasteiger partial charge in [-0.05, 0) is 18.2 Å². The molecular formula is C12H6BrFN2O2S. The number of carboxylic acid groups (broad SMARTS) is 1. The van der Waals surface area contributed by atoms with Crippen LogP contribution in [0, 0.1) is 5.82 Å². The second-order valence-electron chi connectivity index (χ2n) is 3.84. The van der Waals surface area contributed by atoms with Crippen molar-refractivity contribution in [3.05, 3.63) is 45.8 Å². The van der Waals surface area contributed by atoms with Gasteiger partial charge in [0.25, 0.3) is 0 Å². The van der Waals surface area contributed by atoms with Crippen LogP contribution in [0.25, 0.3) is 16.2 Å². The maximum atomic E-state index is 13.8. The van der Waals surface area contributed by atoms with E-state index in [1.807, 2.05) is 0 Å². The molecule has 19 heavy (non-hydrogen) atoms. The molecule has 0 aliphatic carbocycles. The number of hydrogen-bond donors (Lipinski definition) is 1. The minimum absolute atomic E-state index is 0.199. The summed E-state index contributed by atoms with van der Waals surface area (Å²) in [7, 11) is 0. The molecule has 0 saturated carbocycles. The summed E-state index contributed by atoms with van der Waals surface area (Å²) in [6.07, 6.45) is 3.08. The van der Waals surface area contributed by atoms with Gasteiger partial charge < -0.3 is 5.11 Å². The van der Waals surface area contributed by atoms with Gasteiger partial charge >= 0.3 is 5.97 Å². The number of aromatic carboxylic acids is 1. The highest BCUT2D eigenvalue weighted by Gasteiger charge is 2.14. The molecule has 2 aromatic heterocycles. The van der Waals surface area contributed by atoms with E-state index in [2.05, 4.69) is 20.9 Å². The van der Waals surface area contributed by atoms with Crippen molar-refractivity contribution in [3.8, 4) is 11.3 Å². The van der Waals surface area contributed by atoms with Crippen molar-refractivity contribution in [2.45, 2.75) is 0 Å². The SMILES string of the molecule is O=C(O)c1cn2cc(-c3ccc(Br)cc3F)nc2s1. The molecule has 3 rings (SSSR count). The Morgan fingerprint density at radius 1 is 1.42 bits per heavy atom. The number of benzene rings is 1. The first-order chi connectivity index (χ1) is 9.04. The Labute approximate surface area is 119 Å². The first-order valence-electron chi connectivity index (χ1n) is 5.22. The topological polar surface area (TPSA) is 54.6 Å². The molecule has 7 heteroatoms. The van der Waals surface area contributed by atoms with Gasteiger partial charge in [-0.15, -0.1) is 0 Å². The number of imidazole rings is 1. The minimum Gasteiger partial charge on any atom is -0.477 e. The lowest BCUT2D eigenvalue weighted by Crippen LogP contribution is -1.91. The second-order valence-corrected chi connectivity index (χ2v) is 5.77.